The number of ether oxygens (including phenoxy) is 1. The molecule has 0 aliphatic rings. The summed E-state index contributed by atoms with van der Waals surface area (Å²) in [6.45, 7) is 1.86. The lowest BCUT2D eigenvalue weighted by Gasteiger charge is -2.08. The molecule has 0 aromatic heterocycles. The molecular formula is C16H15ClO4S. The van der Waals surface area contributed by atoms with Gasteiger partial charge in [0.05, 0.1) is 16.3 Å². The molecule has 0 saturated carbocycles. The van der Waals surface area contributed by atoms with Crippen molar-refractivity contribution in [3.05, 3.63) is 64.2 Å². The van der Waals surface area contributed by atoms with Crippen LogP contribution in [0.4, 0.5) is 0 Å². The number of hydrogen-bond acceptors (Lipinski definition) is 4. The maximum absolute atomic E-state index is 12.2. The first-order chi connectivity index (χ1) is 10.2. The molecule has 0 amide bonds. The van der Waals surface area contributed by atoms with Gasteiger partial charge in [0.15, 0.2) is 9.84 Å². The summed E-state index contributed by atoms with van der Waals surface area (Å²) in [5.74, 6) is -0.428. The minimum Gasteiger partial charge on any atom is -0.421 e. The van der Waals surface area contributed by atoms with E-state index in [1.807, 2.05) is 13.0 Å². The molecule has 0 unspecified atom stereocenters. The third-order valence-corrected chi connectivity index (χ3v) is 4.05. The molecular weight excluding hydrogens is 324 g/mol. The Balaban J connectivity index is 2.23. The standard InChI is InChI=1S/C16H15ClO4S/c1-11-6-7-14(17)15(8-11)21-16(18)13-5-3-4-12(9-13)10-22(2,19)20/h3-9H,10H2,1-2H3. The summed E-state index contributed by atoms with van der Waals surface area (Å²) in [7, 11) is -3.16. The second kappa shape index (κ2) is 6.50. The monoisotopic (exact) mass is 338 g/mol. The zero-order valence-corrected chi connectivity index (χ0v) is 13.7. The fourth-order valence-corrected chi connectivity index (χ4v) is 2.88. The fourth-order valence-electron chi connectivity index (χ4n) is 1.94. The van der Waals surface area contributed by atoms with Crippen molar-refractivity contribution in [3.63, 3.8) is 0 Å². The molecule has 2 aromatic rings. The van der Waals surface area contributed by atoms with E-state index >= 15 is 0 Å². The Morgan fingerprint density at radius 1 is 1.18 bits per heavy atom. The van der Waals surface area contributed by atoms with Crippen molar-refractivity contribution in [2.75, 3.05) is 6.26 Å². The second-order valence-electron chi connectivity index (χ2n) is 5.09. The third-order valence-electron chi connectivity index (χ3n) is 2.88. The topological polar surface area (TPSA) is 60.4 Å². The normalized spacial score (nSPS) is 11.2. The van der Waals surface area contributed by atoms with E-state index in [0.717, 1.165) is 11.8 Å². The summed E-state index contributed by atoms with van der Waals surface area (Å²) in [6.07, 6.45) is 1.14. The van der Waals surface area contributed by atoms with E-state index in [9.17, 15) is 13.2 Å². The molecule has 0 radical (unpaired) electrons. The highest BCUT2D eigenvalue weighted by Gasteiger charge is 2.13. The van der Waals surface area contributed by atoms with Crippen molar-refractivity contribution in [1.29, 1.82) is 0 Å². The first-order valence-electron chi connectivity index (χ1n) is 6.49. The first-order valence-corrected chi connectivity index (χ1v) is 8.93. The molecule has 0 heterocycles. The van der Waals surface area contributed by atoms with Crippen molar-refractivity contribution in [2.24, 2.45) is 0 Å². The van der Waals surface area contributed by atoms with E-state index in [4.69, 9.17) is 16.3 Å². The van der Waals surface area contributed by atoms with Gasteiger partial charge >= 0.3 is 5.97 Å². The highest BCUT2D eigenvalue weighted by atomic mass is 35.5. The van der Waals surface area contributed by atoms with Gasteiger partial charge in [0.2, 0.25) is 0 Å². The predicted molar refractivity (Wildman–Crippen MR) is 86.1 cm³/mol. The number of carbonyl (C=O) groups excluding carboxylic acids is 1. The molecule has 22 heavy (non-hydrogen) atoms. The zero-order chi connectivity index (χ0) is 16.3. The van der Waals surface area contributed by atoms with Crippen LogP contribution in [-0.2, 0) is 15.6 Å². The summed E-state index contributed by atoms with van der Waals surface area (Å²) in [6, 6.07) is 11.5. The van der Waals surface area contributed by atoms with Crippen molar-refractivity contribution in [1.82, 2.24) is 0 Å². The van der Waals surface area contributed by atoms with Crippen LogP contribution >= 0.6 is 11.6 Å². The Labute approximate surface area is 134 Å². The van der Waals surface area contributed by atoms with Gasteiger partial charge in [-0.2, -0.15) is 0 Å². The molecule has 0 saturated heterocycles. The number of esters is 1. The summed E-state index contributed by atoms with van der Waals surface area (Å²) in [4.78, 5) is 12.2. The average Bonchev–Trinajstić information content (AvgIpc) is 2.41. The maximum Gasteiger partial charge on any atom is 0.343 e. The predicted octanol–water partition coefficient (Wildman–Crippen LogP) is 3.41. The van der Waals surface area contributed by atoms with Crippen LogP contribution in [0.15, 0.2) is 42.5 Å². The van der Waals surface area contributed by atoms with E-state index in [-0.39, 0.29) is 17.1 Å². The van der Waals surface area contributed by atoms with Gasteiger partial charge in [-0.1, -0.05) is 29.8 Å². The van der Waals surface area contributed by atoms with Crippen LogP contribution in [0.5, 0.6) is 5.75 Å². The largest absolute Gasteiger partial charge is 0.421 e. The number of carbonyl (C=O) groups is 1. The van der Waals surface area contributed by atoms with E-state index < -0.39 is 15.8 Å². The Morgan fingerprint density at radius 3 is 2.59 bits per heavy atom. The van der Waals surface area contributed by atoms with Gasteiger partial charge in [0.1, 0.15) is 5.75 Å². The molecule has 0 fully saturated rings. The summed E-state index contributed by atoms with van der Waals surface area (Å²) < 4.78 is 27.9. The molecule has 0 aliphatic heterocycles. The maximum atomic E-state index is 12.2. The number of aryl methyl sites for hydroxylation is 1. The van der Waals surface area contributed by atoms with Gasteiger partial charge in [0, 0.05) is 6.26 Å². The molecule has 2 rings (SSSR count). The van der Waals surface area contributed by atoms with Gasteiger partial charge in [-0.05, 0) is 42.3 Å². The smallest absolute Gasteiger partial charge is 0.343 e. The number of sulfone groups is 1. The molecule has 6 heteroatoms. The third kappa shape index (κ3) is 4.58. The molecule has 116 valence electrons. The Kier molecular flexibility index (Phi) is 4.88. The van der Waals surface area contributed by atoms with Gasteiger partial charge in [0.25, 0.3) is 0 Å². The summed E-state index contributed by atoms with van der Waals surface area (Å²) in [5, 5.41) is 0.339. The van der Waals surface area contributed by atoms with E-state index in [0.29, 0.717) is 10.6 Å². The van der Waals surface area contributed by atoms with Crippen LogP contribution in [0, 0.1) is 6.92 Å². The minimum atomic E-state index is -3.16. The molecule has 2 aromatic carbocycles. The average molecular weight is 339 g/mol. The Morgan fingerprint density at radius 2 is 1.91 bits per heavy atom. The van der Waals surface area contributed by atoms with Crippen LogP contribution in [0.3, 0.4) is 0 Å². The Hall–Kier alpha value is -1.85. The number of halogens is 1. The van der Waals surface area contributed by atoms with Crippen molar-refractivity contribution >= 4 is 27.4 Å². The Bertz CT molecular complexity index is 813. The quantitative estimate of drug-likeness (QED) is 0.633. The van der Waals surface area contributed by atoms with Crippen LogP contribution < -0.4 is 4.74 Å². The molecule has 4 nitrogen and oxygen atoms in total. The summed E-state index contributed by atoms with van der Waals surface area (Å²) in [5.41, 5.74) is 1.73. The molecule has 0 aliphatic carbocycles. The van der Waals surface area contributed by atoms with Crippen molar-refractivity contribution in [2.45, 2.75) is 12.7 Å². The zero-order valence-electron chi connectivity index (χ0n) is 12.2. The fraction of sp³-hybridized carbons (Fsp3) is 0.188. The molecule has 0 atom stereocenters. The molecule has 0 N–H and O–H groups in total. The minimum absolute atomic E-state index is 0.126. The molecule has 0 spiro atoms. The van der Waals surface area contributed by atoms with Gasteiger partial charge < -0.3 is 4.74 Å². The molecule has 0 bridgehead atoms. The van der Waals surface area contributed by atoms with Gasteiger partial charge in [-0.25, -0.2) is 13.2 Å². The van der Waals surface area contributed by atoms with E-state index in [1.165, 1.54) is 6.07 Å². The van der Waals surface area contributed by atoms with E-state index in [2.05, 4.69) is 0 Å². The summed E-state index contributed by atoms with van der Waals surface area (Å²) >= 11 is 5.99. The first kappa shape index (κ1) is 16.5. The van der Waals surface area contributed by atoms with Crippen LogP contribution in [0.2, 0.25) is 5.02 Å². The van der Waals surface area contributed by atoms with Crippen LogP contribution in [0.1, 0.15) is 21.5 Å². The lowest BCUT2D eigenvalue weighted by molar-refractivity contribution is 0.0734. The highest BCUT2D eigenvalue weighted by molar-refractivity contribution is 7.89. The number of hydrogen-bond donors (Lipinski definition) is 0. The highest BCUT2D eigenvalue weighted by Crippen LogP contribution is 2.26. The number of rotatable bonds is 4. The SMILES string of the molecule is Cc1ccc(Cl)c(OC(=O)c2cccc(CS(C)(=O)=O)c2)c1. The van der Waals surface area contributed by atoms with Crippen LogP contribution in [-0.4, -0.2) is 20.6 Å². The number of benzene rings is 2. The lowest BCUT2D eigenvalue weighted by Crippen LogP contribution is -2.10. The van der Waals surface area contributed by atoms with Crippen molar-refractivity contribution < 1.29 is 17.9 Å². The van der Waals surface area contributed by atoms with Crippen molar-refractivity contribution in [3.8, 4) is 5.75 Å². The second-order valence-corrected chi connectivity index (χ2v) is 7.64. The van der Waals surface area contributed by atoms with Gasteiger partial charge in [-0.3, -0.25) is 0 Å². The van der Waals surface area contributed by atoms with E-state index in [1.54, 1.807) is 30.3 Å². The van der Waals surface area contributed by atoms with Gasteiger partial charge in [-0.15, -0.1) is 0 Å². The lowest BCUT2D eigenvalue weighted by atomic mass is 10.1. The van der Waals surface area contributed by atoms with Crippen LogP contribution in [0.25, 0.3) is 0 Å².